The lowest BCUT2D eigenvalue weighted by atomic mass is 9.99. The number of benzene rings is 2. The Labute approximate surface area is 137 Å². The van der Waals surface area contributed by atoms with Crippen LogP contribution in [0.3, 0.4) is 0 Å². The van der Waals surface area contributed by atoms with Crippen molar-refractivity contribution in [2.45, 2.75) is 5.38 Å². The minimum Gasteiger partial charge on any atom is -0.121 e. The fourth-order valence-electron chi connectivity index (χ4n) is 2.16. The normalized spacial score (nSPS) is 12.8. The van der Waals surface area contributed by atoms with Gasteiger partial charge >= 0.3 is 0 Å². The van der Waals surface area contributed by atoms with Gasteiger partial charge in [-0.2, -0.15) is 0 Å². The molecule has 1 aromatic heterocycles. The molecule has 1 unspecified atom stereocenters. The van der Waals surface area contributed by atoms with Crippen molar-refractivity contribution in [3.05, 3.63) is 67.2 Å². The fourth-order valence-corrected chi connectivity index (χ4v) is 5.63. The molecule has 0 amide bonds. The summed E-state index contributed by atoms with van der Waals surface area (Å²) in [6, 6.07) is 16.7. The molecular weight excluding hydrogens is 407 g/mol. The lowest BCUT2D eigenvalue weighted by molar-refractivity contribution is 1.17. The lowest BCUT2D eigenvalue weighted by Gasteiger charge is -2.12. The lowest BCUT2D eigenvalue weighted by Crippen LogP contribution is -1.93. The van der Waals surface area contributed by atoms with Gasteiger partial charge in [0.2, 0.25) is 0 Å². The summed E-state index contributed by atoms with van der Waals surface area (Å²) in [5.74, 6) is 0. The molecule has 4 heteroatoms. The van der Waals surface area contributed by atoms with Crippen molar-refractivity contribution < 1.29 is 0 Å². The third-order valence-corrected chi connectivity index (χ3v) is 5.91. The van der Waals surface area contributed by atoms with Crippen molar-refractivity contribution in [2.75, 3.05) is 0 Å². The third-order valence-electron chi connectivity index (χ3n) is 3.05. The van der Waals surface area contributed by atoms with Crippen molar-refractivity contribution in [1.82, 2.24) is 0 Å². The number of alkyl halides is 1. The highest BCUT2D eigenvalue weighted by Gasteiger charge is 2.18. The molecule has 0 saturated heterocycles. The topological polar surface area (TPSA) is 0 Å². The van der Waals surface area contributed by atoms with Crippen LogP contribution in [0.25, 0.3) is 10.8 Å². The van der Waals surface area contributed by atoms with Crippen LogP contribution in [0.4, 0.5) is 0 Å². The summed E-state index contributed by atoms with van der Waals surface area (Å²) in [5, 5.41) is 2.28. The SMILES string of the molecule is ClC(c1cc(Br)sc1Br)c1cccc2ccccc12. The van der Waals surface area contributed by atoms with E-state index in [0.29, 0.717) is 0 Å². The van der Waals surface area contributed by atoms with Gasteiger partial charge in [0.25, 0.3) is 0 Å². The Bertz CT molecular complexity index is 731. The van der Waals surface area contributed by atoms with Gasteiger partial charge in [0.05, 0.1) is 12.9 Å². The van der Waals surface area contributed by atoms with Gasteiger partial charge in [-0.3, -0.25) is 0 Å². The molecule has 2 aromatic carbocycles. The Balaban J connectivity index is 2.16. The summed E-state index contributed by atoms with van der Waals surface area (Å²) in [4.78, 5) is 0. The van der Waals surface area contributed by atoms with Crippen molar-refractivity contribution in [1.29, 1.82) is 0 Å². The molecule has 0 fully saturated rings. The van der Waals surface area contributed by atoms with Gasteiger partial charge in [-0.15, -0.1) is 22.9 Å². The summed E-state index contributed by atoms with van der Waals surface area (Å²) in [6.07, 6.45) is 0. The van der Waals surface area contributed by atoms with Crippen LogP contribution in [-0.2, 0) is 0 Å². The molecule has 0 aliphatic carbocycles. The van der Waals surface area contributed by atoms with Crippen LogP contribution >= 0.6 is 54.8 Å². The van der Waals surface area contributed by atoms with Crippen LogP contribution in [0.1, 0.15) is 16.5 Å². The molecule has 0 bridgehead atoms. The molecule has 0 nitrogen and oxygen atoms in total. The first-order valence-corrected chi connectivity index (χ1v) is 8.57. The van der Waals surface area contributed by atoms with Crippen LogP contribution < -0.4 is 0 Å². The third kappa shape index (κ3) is 2.62. The van der Waals surface area contributed by atoms with Crippen LogP contribution in [0.5, 0.6) is 0 Å². The largest absolute Gasteiger partial charge is 0.121 e. The number of thiophene rings is 1. The average Bonchev–Trinajstić information content (AvgIpc) is 2.76. The molecule has 0 aliphatic heterocycles. The zero-order valence-corrected chi connectivity index (χ0v) is 14.5. The van der Waals surface area contributed by atoms with Crippen molar-refractivity contribution in [2.24, 2.45) is 0 Å². The molecule has 0 spiro atoms. The molecule has 3 aromatic rings. The minimum absolute atomic E-state index is 0.150. The maximum Gasteiger partial charge on any atom is 0.0860 e. The second kappa shape index (κ2) is 5.57. The summed E-state index contributed by atoms with van der Waals surface area (Å²) >= 11 is 15.4. The molecular formula is C15H9Br2ClS. The highest BCUT2D eigenvalue weighted by Crippen LogP contribution is 2.42. The molecule has 0 saturated carbocycles. The zero-order chi connectivity index (χ0) is 13.4. The highest BCUT2D eigenvalue weighted by atomic mass is 79.9. The molecule has 0 radical (unpaired) electrons. The fraction of sp³-hybridized carbons (Fsp3) is 0.0667. The Hall–Kier alpha value is -0.350. The van der Waals surface area contributed by atoms with Crippen molar-refractivity contribution in [3.8, 4) is 0 Å². The van der Waals surface area contributed by atoms with E-state index in [4.69, 9.17) is 11.6 Å². The van der Waals surface area contributed by atoms with Crippen LogP contribution in [0.15, 0.2) is 56.1 Å². The standard InChI is InChI=1S/C15H9Br2ClS/c16-13-8-12(15(17)19-13)14(18)11-7-3-5-9-4-1-2-6-10(9)11/h1-8,14H. The van der Waals surface area contributed by atoms with E-state index in [1.54, 1.807) is 11.3 Å². The van der Waals surface area contributed by atoms with Crippen LogP contribution in [0, 0.1) is 0 Å². The van der Waals surface area contributed by atoms with E-state index in [0.717, 1.165) is 18.7 Å². The van der Waals surface area contributed by atoms with E-state index in [9.17, 15) is 0 Å². The van der Waals surface area contributed by atoms with E-state index >= 15 is 0 Å². The van der Waals surface area contributed by atoms with E-state index in [1.807, 2.05) is 12.1 Å². The van der Waals surface area contributed by atoms with Gasteiger partial charge in [0.15, 0.2) is 0 Å². The van der Waals surface area contributed by atoms with E-state index < -0.39 is 0 Å². The Kier molecular flexibility index (Phi) is 3.99. The minimum atomic E-state index is -0.150. The van der Waals surface area contributed by atoms with Crippen LogP contribution in [-0.4, -0.2) is 0 Å². The van der Waals surface area contributed by atoms with Gasteiger partial charge in [-0.1, -0.05) is 42.5 Å². The Morgan fingerprint density at radius 2 is 1.68 bits per heavy atom. The van der Waals surface area contributed by atoms with Gasteiger partial charge in [0, 0.05) is 5.56 Å². The molecule has 1 atom stereocenters. The van der Waals surface area contributed by atoms with Crippen molar-refractivity contribution >= 4 is 65.6 Å². The summed E-state index contributed by atoms with van der Waals surface area (Å²) < 4.78 is 2.16. The van der Waals surface area contributed by atoms with Crippen molar-refractivity contribution in [3.63, 3.8) is 0 Å². The molecule has 1 heterocycles. The highest BCUT2D eigenvalue weighted by molar-refractivity contribution is 9.12. The number of hydrogen-bond donors (Lipinski definition) is 0. The number of fused-ring (bicyclic) bond motifs is 1. The molecule has 19 heavy (non-hydrogen) atoms. The number of halogens is 3. The Morgan fingerprint density at radius 1 is 0.947 bits per heavy atom. The van der Waals surface area contributed by atoms with Gasteiger partial charge in [0.1, 0.15) is 0 Å². The second-order valence-corrected chi connectivity index (χ2v) is 8.40. The zero-order valence-electron chi connectivity index (χ0n) is 9.74. The average molecular weight is 417 g/mol. The predicted molar refractivity (Wildman–Crippen MR) is 91.4 cm³/mol. The quantitative estimate of drug-likeness (QED) is 0.405. The smallest absolute Gasteiger partial charge is 0.0860 e. The van der Waals surface area contributed by atoms with Gasteiger partial charge < -0.3 is 0 Å². The maximum atomic E-state index is 6.69. The number of hydrogen-bond acceptors (Lipinski definition) is 1. The monoisotopic (exact) mass is 414 g/mol. The first kappa shape index (κ1) is 13.6. The predicted octanol–water partition coefficient (Wildman–Crippen LogP) is 6.75. The molecule has 3 rings (SSSR count). The Morgan fingerprint density at radius 3 is 2.42 bits per heavy atom. The molecule has 0 aliphatic rings. The first-order chi connectivity index (χ1) is 9.16. The molecule has 0 N–H and O–H groups in total. The summed E-state index contributed by atoms with van der Waals surface area (Å²) in [6.45, 7) is 0. The summed E-state index contributed by atoms with van der Waals surface area (Å²) in [5.41, 5.74) is 2.25. The second-order valence-electron chi connectivity index (χ2n) is 4.21. The van der Waals surface area contributed by atoms with E-state index in [1.165, 1.54) is 10.8 Å². The van der Waals surface area contributed by atoms with Gasteiger partial charge in [-0.25, -0.2) is 0 Å². The van der Waals surface area contributed by atoms with E-state index in [2.05, 4.69) is 68.3 Å². The molecule has 96 valence electrons. The summed E-state index contributed by atoms with van der Waals surface area (Å²) in [7, 11) is 0. The van der Waals surface area contributed by atoms with Crippen LogP contribution in [0.2, 0.25) is 0 Å². The first-order valence-electron chi connectivity index (χ1n) is 5.73. The number of rotatable bonds is 2. The van der Waals surface area contributed by atoms with Gasteiger partial charge in [-0.05, 0) is 54.3 Å². The maximum absolute atomic E-state index is 6.69. The van der Waals surface area contributed by atoms with E-state index in [-0.39, 0.29) is 5.38 Å².